The second-order valence-electron chi connectivity index (χ2n) is 6.12. The zero-order chi connectivity index (χ0) is 20.3. The van der Waals surface area contributed by atoms with Crippen molar-refractivity contribution < 1.29 is 27.4 Å². The number of alkyl halides is 3. The summed E-state index contributed by atoms with van der Waals surface area (Å²) in [5.41, 5.74) is -0.583. The first kappa shape index (κ1) is 20.2. The molecule has 6 nitrogen and oxygen atoms in total. The number of carbonyl (C=O) groups is 1. The highest BCUT2D eigenvalue weighted by Gasteiger charge is 2.34. The summed E-state index contributed by atoms with van der Waals surface area (Å²) in [4.78, 5) is 19.6. The summed E-state index contributed by atoms with van der Waals surface area (Å²) in [5.74, 6) is 0.512. The molecule has 0 atom stereocenters. The Balaban J connectivity index is 1.90. The van der Waals surface area contributed by atoms with Crippen LogP contribution in [-0.4, -0.2) is 41.9 Å². The van der Waals surface area contributed by atoms with E-state index >= 15 is 0 Å². The van der Waals surface area contributed by atoms with Crippen molar-refractivity contribution >= 4 is 17.7 Å². The quantitative estimate of drug-likeness (QED) is 0.553. The molecule has 1 saturated carbocycles. The Morgan fingerprint density at radius 3 is 2.50 bits per heavy atom. The summed E-state index contributed by atoms with van der Waals surface area (Å²) in [7, 11) is 2.90. The molecule has 0 spiro atoms. The maximum Gasteiger partial charge on any atom is 0.433 e. The Morgan fingerprint density at radius 1 is 1.18 bits per heavy atom. The maximum absolute atomic E-state index is 13.3. The number of nitrogens with zero attached hydrogens (tertiary/aromatic N) is 2. The molecule has 3 rings (SSSR count). The van der Waals surface area contributed by atoms with Gasteiger partial charge in [0.25, 0.3) is 0 Å². The number of hydrogen-bond acceptors (Lipinski definition) is 6. The molecule has 2 aromatic rings. The van der Waals surface area contributed by atoms with E-state index in [9.17, 15) is 18.0 Å². The highest BCUT2D eigenvalue weighted by Crippen LogP contribution is 2.35. The lowest BCUT2D eigenvalue weighted by atomic mass is 10.1. The van der Waals surface area contributed by atoms with Crippen LogP contribution in [0.1, 0.15) is 18.5 Å². The van der Waals surface area contributed by atoms with Crippen LogP contribution in [0.5, 0.6) is 11.5 Å². The molecule has 0 unspecified atom stereocenters. The molecule has 0 bridgehead atoms. The topological polar surface area (TPSA) is 73.3 Å². The van der Waals surface area contributed by atoms with E-state index in [1.165, 1.54) is 20.3 Å². The van der Waals surface area contributed by atoms with Crippen LogP contribution in [0.3, 0.4) is 0 Å². The molecule has 10 heteroatoms. The molecule has 1 aliphatic rings. The van der Waals surface area contributed by atoms with E-state index in [-0.39, 0.29) is 28.6 Å². The molecule has 0 saturated heterocycles. The monoisotopic (exact) mass is 413 g/mol. The van der Waals surface area contributed by atoms with E-state index in [1.807, 2.05) is 0 Å². The zero-order valence-corrected chi connectivity index (χ0v) is 16.0. The lowest BCUT2D eigenvalue weighted by Crippen LogP contribution is -2.27. The third-order valence-corrected chi connectivity index (χ3v) is 4.80. The van der Waals surface area contributed by atoms with Gasteiger partial charge in [-0.25, -0.2) is 9.97 Å². The first-order valence-electron chi connectivity index (χ1n) is 8.41. The van der Waals surface area contributed by atoms with Crippen molar-refractivity contribution in [1.29, 1.82) is 0 Å². The summed E-state index contributed by atoms with van der Waals surface area (Å²) >= 11 is 0.865. The lowest BCUT2D eigenvalue weighted by Gasteiger charge is -2.12. The molecule has 1 fully saturated rings. The second kappa shape index (κ2) is 8.26. The van der Waals surface area contributed by atoms with Crippen LogP contribution in [0.4, 0.5) is 13.2 Å². The van der Waals surface area contributed by atoms with Gasteiger partial charge in [-0.2, -0.15) is 13.2 Å². The van der Waals surface area contributed by atoms with Gasteiger partial charge in [0, 0.05) is 11.6 Å². The average Bonchev–Trinajstić information content (AvgIpc) is 3.48. The van der Waals surface area contributed by atoms with E-state index in [2.05, 4.69) is 15.3 Å². The van der Waals surface area contributed by atoms with Gasteiger partial charge in [0.1, 0.15) is 5.69 Å². The first-order valence-corrected chi connectivity index (χ1v) is 9.39. The Kier molecular flexibility index (Phi) is 5.97. The number of benzene rings is 1. The molecule has 150 valence electrons. The molecule has 0 radical (unpaired) electrons. The third kappa shape index (κ3) is 5.06. The van der Waals surface area contributed by atoms with Crippen molar-refractivity contribution in [2.75, 3.05) is 20.0 Å². The third-order valence-electron chi connectivity index (χ3n) is 3.95. The average molecular weight is 413 g/mol. The summed E-state index contributed by atoms with van der Waals surface area (Å²) in [5, 5.41) is 2.66. The fraction of sp³-hybridized carbons (Fsp3) is 0.389. The number of rotatable bonds is 7. The van der Waals surface area contributed by atoms with E-state index in [4.69, 9.17) is 9.47 Å². The molecule has 1 aromatic carbocycles. The van der Waals surface area contributed by atoms with Crippen LogP contribution >= 0.6 is 11.8 Å². The lowest BCUT2D eigenvalue weighted by molar-refractivity contribution is -0.141. The minimum absolute atomic E-state index is 0.0524. The highest BCUT2D eigenvalue weighted by atomic mass is 32.2. The van der Waals surface area contributed by atoms with Gasteiger partial charge in [0.15, 0.2) is 16.7 Å². The number of hydrogen-bond donors (Lipinski definition) is 1. The van der Waals surface area contributed by atoms with Crippen molar-refractivity contribution in [1.82, 2.24) is 15.3 Å². The Labute approximate surface area is 163 Å². The van der Waals surface area contributed by atoms with Gasteiger partial charge in [0.05, 0.1) is 25.7 Å². The minimum atomic E-state index is -4.64. The van der Waals surface area contributed by atoms with Gasteiger partial charge in [0.2, 0.25) is 5.91 Å². The normalized spacial score (nSPS) is 13.9. The standard InChI is InChI=1S/C18H18F3N3O3S/c1-26-13-6-3-10(7-14(13)27-2)12-8-15(18(19,20)21)24-17(23-12)28-9-16(25)22-11-4-5-11/h3,6-8,11H,4-5,9H2,1-2H3,(H,22,25). The zero-order valence-electron chi connectivity index (χ0n) is 15.2. The number of carbonyl (C=O) groups excluding carboxylic acids is 1. The largest absolute Gasteiger partial charge is 0.493 e. The minimum Gasteiger partial charge on any atom is -0.493 e. The fourth-order valence-corrected chi connectivity index (χ4v) is 3.07. The summed E-state index contributed by atoms with van der Waals surface area (Å²) < 4.78 is 50.2. The van der Waals surface area contributed by atoms with Gasteiger partial charge >= 0.3 is 6.18 Å². The fourth-order valence-electron chi connectivity index (χ4n) is 2.41. The van der Waals surface area contributed by atoms with Crippen molar-refractivity contribution in [3.05, 3.63) is 30.0 Å². The predicted octanol–water partition coefficient (Wildman–Crippen LogP) is 3.55. The number of amides is 1. The number of methoxy groups -OCH3 is 2. The number of ether oxygens (including phenoxy) is 2. The molecule has 1 N–H and O–H groups in total. The molecule has 1 heterocycles. The van der Waals surface area contributed by atoms with E-state index in [0.717, 1.165) is 30.7 Å². The summed E-state index contributed by atoms with van der Waals surface area (Å²) in [6, 6.07) is 5.75. The number of nitrogens with one attached hydrogen (secondary N) is 1. The van der Waals surface area contributed by atoms with Gasteiger partial charge in [-0.05, 0) is 37.1 Å². The van der Waals surface area contributed by atoms with E-state index < -0.39 is 11.9 Å². The molecule has 0 aliphatic heterocycles. The van der Waals surface area contributed by atoms with Crippen LogP contribution in [0.15, 0.2) is 29.4 Å². The summed E-state index contributed by atoms with van der Waals surface area (Å²) in [6.07, 6.45) is -2.78. The van der Waals surface area contributed by atoms with Crippen LogP contribution in [0.2, 0.25) is 0 Å². The van der Waals surface area contributed by atoms with Crippen LogP contribution in [0.25, 0.3) is 11.3 Å². The molecule has 1 amide bonds. The van der Waals surface area contributed by atoms with Crippen molar-refractivity contribution in [3.8, 4) is 22.8 Å². The van der Waals surface area contributed by atoms with Crippen molar-refractivity contribution in [3.63, 3.8) is 0 Å². The molecular weight excluding hydrogens is 395 g/mol. The van der Waals surface area contributed by atoms with E-state index in [0.29, 0.717) is 17.1 Å². The smallest absolute Gasteiger partial charge is 0.433 e. The summed E-state index contributed by atoms with van der Waals surface area (Å²) in [6.45, 7) is 0. The van der Waals surface area contributed by atoms with Gasteiger partial charge in [-0.1, -0.05) is 11.8 Å². The Morgan fingerprint density at radius 2 is 1.89 bits per heavy atom. The maximum atomic E-state index is 13.3. The van der Waals surface area contributed by atoms with Gasteiger partial charge < -0.3 is 14.8 Å². The van der Waals surface area contributed by atoms with Crippen molar-refractivity contribution in [2.24, 2.45) is 0 Å². The number of halogens is 3. The predicted molar refractivity (Wildman–Crippen MR) is 97.5 cm³/mol. The van der Waals surface area contributed by atoms with Crippen LogP contribution in [-0.2, 0) is 11.0 Å². The van der Waals surface area contributed by atoms with Gasteiger partial charge in [-0.3, -0.25) is 4.79 Å². The highest BCUT2D eigenvalue weighted by molar-refractivity contribution is 7.99. The SMILES string of the molecule is COc1ccc(-c2cc(C(F)(F)F)nc(SCC(=O)NC3CC3)n2)cc1OC. The molecule has 1 aliphatic carbocycles. The van der Waals surface area contributed by atoms with E-state index in [1.54, 1.807) is 12.1 Å². The Bertz CT molecular complexity index is 873. The van der Waals surface area contributed by atoms with Crippen LogP contribution < -0.4 is 14.8 Å². The number of thioether (sulfide) groups is 1. The first-order chi connectivity index (χ1) is 13.3. The molecular formula is C18H18F3N3O3S. The molecule has 1 aromatic heterocycles. The van der Waals surface area contributed by atoms with Gasteiger partial charge in [-0.15, -0.1) is 0 Å². The molecule has 28 heavy (non-hydrogen) atoms. The van der Waals surface area contributed by atoms with Crippen molar-refractivity contribution in [2.45, 2.75) is 30.2 Å². The van der Waals surface area contributed by atoms with Crippen LogP contribution in [0, 0.1) is 0 Å². The second-order valence-corrected chi connectivity index (χ2v) is 7.06. The number of aromatic nitrogens is 2. The Hall–Kier alpha value is -2.49.